The normalized spacial score (nSPS) is 13.9. The van der Waals surface area contributed by atoms with Crippen molar-refractivity contribution in [3.8, 4) is 0 Å². The van der Waals surface area contributed by atoms with Gasteiger partial charge in [0.1, 0.15) is 17.3 Å². The molecule has 3 aromatic carbocycles. The van der Waals surface area contributed by atoms with E-state index in [1.165, 1.54) is 0 Å². The third-order valence-electron chi connectivity index (χ3n) is 5.16. The second-order valence-corrected chi connectivity index (χ2v) is 7.03. The Morgan fingerprint density at radius 3 is 2.30 bits per heavy atom. The largest absolute Gasteiger partial charge is 0.350 e. The predicted molar refractivity (Wildman–Crippen MR) is 112 cm³/mol. The molecule has 1 aliphatic heterocycles. The summed E-state index contributed by atoms with van der Waals surface area (Å²) in [6.07, 6.45) is 0. The van der Waals surface area contributed by atoms with Gasteiger partial charge in [-0.3, -0.25) is 9.59 Å². The molecular formula is C24H18F2N2O2. The van der Waals surface area contributed by atoms with E-state index in [2.05, 4.69) is 5.32 Å². The van der Waals surface area contributed by atoms with Gasteiger partial charge < -0.3 is 5.32 Å². The number of rotatable bonds is 4. The molecule has 0 bridgehead atoms. The summed E-state index contributed by atoms with van der Waals surface area (Å²) in [6.45, 7) is 3.83. The van der Waals surface area contributed by atoms with E-state index in [0.29, 0.717) is 16.2 Å². The van der Waals surface area contributed by atoms with Crippen molar-refractivity contribution in [3.05, 3.63) is 101 Å². The molecule has 0 unspecified atom stereocenters. The molecule has 0 saturated carbocycles. The Morgan fingerprint density at radius 2 is 1.57 bits per heavy atom. The molecule has 0 aliphatic carbocycles. The van der Waals surface area contributed by atoms with Gasteiger partial charge in [-0.05, 0) is 48.7 Å². The highest BCUT2D eigenvalue weighted by molar-refractivity contribution is 6.46. The average Bonchev–Trinajstić information content (AvgIpc) is 2.97. The van der Waals surface area contributed by atoms with Crippen molar-refractivity contribution in [2.75, 3.05) is 10.2 Å². The molecule has 1 aliphatic rings. The number of halogens is 2. The van der Waals surface area contributed by atoms with E-state index in [-0.39, 0.29) is 11.3 Å². The van der Waals surface area contributed by atoms with Crippen LogP contribution in [0.3, 0.4) is 0 Å². The molecule has 0 radical (unpaired) electrons. The fraction of sp³-hybridized carbons (Fsp3) is 0.0833. The second-order valence-electron chi connectivity index (χ2n) is 7.03. The van der Waals surface area contributed by atoms with Crippen molar-refractivity contribution in [1.29, 1.82) is 0 Å². The molecule has 2 amide bonds. The molecule has 1 N–H and O–H groups in total. The van der Waals surface area contributed by atoms with Crippen LogP contribution < -0.4 is 10.2 Å². The number of amides is 2. The number of aryl methyl sites for hydroxylation is 1. The number of hydrogen-bond acceptors (Lipinski definition) is 3. The number of nitrogens with one attached hydrogen (secondary N) is 1. The van der Waals surface area contributed by atoms with Crippen molar-refractivity contribution < 1.29 is 18.4 Å². The molecule has 4 rings (SSSR count). The van der Waals surface area contributed by atoms with Gasteiger partial charge in [-0.1, -0.05) is 42.5 Å². The lowest BCUT2D eigenvalue weighted by atomic mass is 10.0. The Morgan fingerprint density at radius 1 is 0.833 bits per heavy atom. The molecule has 30 heavy (non-hydrogen) atoms. The maximum absolute atomic E-state index is 14.4. The van der Waals surface area contributed by atoms with Crippen LogP contribution in [-0.2, 0) is 9.59 Å². The van der Waals surface area contributed by atoms with Crippen LogP contribution in [0.5, 0.6) is 0 Å². The van der Waals surface area contributed by atoms with Gasteiger partial charge in [0, 0.05) is 11.8 Å². The van der Waals surface area contributed by atoms with E-state index in [9.17, 15) is 18.4 Å². The zero-order valence-corrected chi connectivity index (χ0v) is 16.4. The molecule has 150 valence electrons. The summed E-state index contributed by atoms with van der Waals surface area (Å²) in [5.74, 6) is -3.07. The van der Waals surface area contributed by atoms with Gasteiger partial charge in [-0.2, -0.15) is 0 Å². The van der Waals surface area contributed by atoms with Crippen LogP contribution in [0, 0.1) is 25.5 Å². The molecule has 1 heterocycles. The Kier molecular flexibility index (Phi) is 4.91. The standard InChI is InChI=1S/C24H18F2N2O2/c1-14-7-6-10-19(15(14)2)27-22-21(16-8-4-3-5-9-16)23(29)28(24(22)30)20-13-17(25)11-12-18(20)26/h3-13,27H,1-2H3. The molecule has 0 aromatic heterocycles. The first kappa shape index (κ1) is 19.5. The number of imide groups is 1. The summed E-state index contributed by atoms with van der Waals surface area (Å²) in [5, 5.41) is 3.06. The fourth-order valence-corrected chi connectivity index (χ4v) is 3.42. The van der Waals surface area contributed by atoms with Gasteiger partial charge in [0.2, 0.25) is 0 Å². The predicted octanol–water partition coefficient (Wildman–Crippen LogP) is 4.98. The van der Waals surface area contributed by atoms with Crippen LogP contribution in [0.1, 0.15) is 16.7 Å². The van der Waals surface area contributed by atoms with Gasteiger partial charge in [0.05, 0.1) is 11.3 Å². The zero-order chi connectivity index (χ0) is 21.4. The van der Waals surface area contributed by atoms with Crippen molar-refractivity contribution in [2.24, 2.45) is 0 Å². The van der Waals surface area contributed by atoms with Crippen molar-refractivity contribution in [2.45, 2.75) is 13.8 Å². The van der Waals surface area contributed by atoms with Gasteiger partial charge in [-0.15, -0.1) is 0 Å². The SMILES string of the molecule is Cc1cccc(NC2=C(c3ccccc3)C(=O)N(c3cc(F)ccc3F)C2=O)c1C. The van der Waals surface area contributed by atoms with E-state index in [1.54, 1.807) is 36.4 Å². The van der Waals surface area contributed by atoms with Crippen LogP contribution in [-0.4, -0.2) is 11.8 Å². The number of carbonyl (C=O) groups excluding carboxylic acids is 2. The lowest BCUT2D eigenvalue weighted by Crippen LogP contribution is -2.33. The lowest BCUT2D eigenvalue weighted by Gasteiger charge is -2.17. The monoisotopic (exact) mass is 404 g/mol. The number of nitrogens with zero attached hydrogens (tertiary/aromatic N) is 1. The lowest BCUT2D eigenvalue weighted by molar-refractivity contribution is -0.120. The minimum absolute atomic E-state index is 0.0172. The Balaban J connectivity index is 1.87. The average molecular weight is 404 g/mol. The van der Waals surface area contributed by atoms with E-state index >= 15 is 0 Å². The second kappa shape index (κ2) is 7.55. The Labute approximate surface area is 172 Å². The highest BCUT2D eigenvalue weighted by Crippen LogP contribution is 2.35. The maximum atomic E-state index is 14.4. The minimum atomic E-state index is -0.863. The summed E-state index contributed by atoms with van der Waals surface area (Å²) in [4.78, 5) is 27.2. The van der Waals surface area contributed by atoms with Crippen LogP contribution in [0.4, 0.5) is 20.2 Å². The maximum Gasteiger partial charge on any atom is 0.282 e. The van der Waals surface area contributed by atoms with Crippen LogP contribution in [0.2, 0.25) is 0 Å². The number of anilines is 2. The van der Waals surface area contributed by atoms with E-state index < -0.39 is 29.1 Å². The quantitative estimate of drug-likeness (QED) is 0.624. The highest BCUT2D eigenvalue weighted by atomic mass is 19.1. The molecule has 3 aromatic rings. The number of hydrogen-bond donors (Lipinski definition) is 1. The van der Waals surface area contributed by atoms with Crippen LogP contribution in [0.15, 0.2) is 72.4 Å². The molecule has 0 fully saturated rings. The van der Waals surface area contributed by atoms with Crippen LogP contribution in [0.25, 0.3) is 5.57 Å². The van der Waals surface area contributed by atoms with Crippen molar-refractivity contribution in [3.63, 3.8) is 0 Å². The summed E-state index contributed by atoms with van der Waals surface area (Å²) in [6, 6.07) is 16.9. The molecule has 6 heteroatoms. The zero-order valence-electron chi connectivity index (χ0n) is 16.4. The van der Waals surface area contributed by atoms with E-state index in [4.69, 9.17) is 0 Å². The van der Waals surface area contributed by atoms with Crippen molar-refractivity contribution >= 4 is 28.8 Å². The molecule has 4 nitrogen and oxygen atoms in total. The summed E-state index contributed by atoms with van der Waals surface area (Å²) < 4.78 is 28.2. The summed E-state index contributed by atoms with van der Waals surface area (Å²) >= 11 is 0. The van der Waals surface area contributed by atoms with Gasteiger partial charge in [-0.25, -0.2) is 13.7 Å². The third kappa shape index (κ3) is 3.26. The third-order valence-corrected chi connectivity index (χ3v) is 5.16. The summed E-state index contributed by atoms with van der Waals surface area (Å²) in [7, 11) is 0. The molecular weight excluding hydrogens is 386 g/mol. The first-order chi connectivity index (χ1) is 14.4. The van der Waals surface area contributed by atoms with Crippen molar-refractivity contribution in [1.82, 2.24) is 0 Å². The Hall–Kier alpha value is -3.80. The first-order valence-corrected chi connectivity index (χ1v) is 9.35. The smallest absolute Gasteiger partial charge is 0.282 e. The minimum Gasteiger partial charge on any atom is -0.350 e. The van der Waals surface area contributed by atoms with Gasteiger partial charge in [0.15, 0.2) is 0 Å². The number of carbonyl (C=O) groups is 2. The molecule has 0 atom stereocenters. The van der Waals surface area contributed by atoms with Crippen LogP contribution >= 0.6 is 0 Å². The van der Waals surface area contributed by atoms with E-state index in [0.717, 1.165) is 29.3 Å². The highest BCUT2D eigenvalue weighted by Gasteiger charge is 2.41. The first-order valence-electron chi connectivity index (χ1n) is 9.35. The fourth-order valence-electron chi connectivity index (χ4n) is 3.42. The van der Waals surface area contributed by atoms with Gasteiger partial charge >= 0.3 is 0 Å². The molecule has 0 saturated heterocycles. The molecule has 0 spiro atoms. The number of benzene rings is 3. The summed E-state index contributed by atoms with van der Waals surface area (Å²) in [5.41, 5.74) is 2.77. The van der Waals surface area contributed by atoms with Gasteiger partial charge in [0.25, 0.3) is 11.8 Å². The topological polar surface area (TPSA) is 49.4 Å². The Bertz CT molecular complexity index is 1200. The van der Waals surface area contributed by atoms with E-state index in [1.807, 2.05) is 26.0 Å².